The lowest BCUT2D eigenvalue weighted by atomic mass is 10.2. The lowest BCUT2D eigenvalue weighted by Crippen LogP contribution is -2.51. The average Bonchev–Trinajstić information content (AvgIpc) is 3.06. The van der Waals surface area contributed by atoms with Crippen LogP contribution in [0.2, 0.25) is 0 Å². The Kier molecular flexibility index (Phi) is 3.36. The van der Waals surface area contributed by atoms with Crippen LogP contribution in [0.4, 0.5) is 0 Å². The van der Waals surface area contributed by atoms with Gasteiger partial charge in [-0.2, -0.15) is 9.40 Å². The summed E-state index contributed by atoms with van der Waals surface area (Å²) in [7, 11) is -3.37. The van der Waals surface area contributed by atoms with E-state index in [2.05, 4.69) is 10.00 Å². The third-order valence-corrected chi connectivity index (χ3v) is 5.94. The molecule has 3 heterocycles. The fraction of sp³-hybridized carbons (Fsp3) is 0.750. The topological polar surface area (TPSA) is 58.4 Å². The normalized spacial score (nSPS) is 25.6. The van der Waals surface area contributed by atoms with Crippen LogP contribution in [-0.2, 0) is 16.6 Å². The molecule has 0 bridgehead atoms. The zero-order valence-electron chi connectivity index (χ0n) is 11.2. The molecule has 2 fully saturated rings. The third-order valence-electron chi connectivity index (χ3n) is 4.12. The van der Waals surface area contributed by atoms with E-state index in [1.54, 1.807) is 15.2 Å². The van der Waals surface area contributed by atoms with E-state index in [4.69, 9.17) is 0 Å². The van der Waals surface area contributed by atoms with Crippen molar-refractivity contribution in [1.29, 1.82) is 0 Å². The molecule has 1 atom stereocenters. The quantitative estimate of drug-likeness (QED) is 0.805. The number of rotatable bonds is 3. The Bertz CT molecular complexity index is 554. The van der Waals surface area contributed by atoms with E-state index in [-0.39, 0.29) is 0 Å². The van der Waals surface area contributed by atoms with Crippen LogP contribution in [0.3, 0.4) is 0 Å². The lowest BCUT2D eigenvalue weighted by molar-refractivity contribution is 0.158. The van der Waals surface area contributed by atoms with Crippen LogP contribution in [0.1, 0.15) is 19.8 Å². The molecule has 6 nitrogen and oxygen atoms in total. The molecule has 7 heteroatoms. The number of sulfonamides is 1. The van der Waals surface area contributed by atoms with Gasteiger partial charge in [0.05, 0.1) is 6.20 Å². The monoisotopic (exact) mass is 284 g/mol. The largest absolute Gasteiger partial charge is 0.298 e. The van der Waals surface area contributed by atoms with Gasteiger partial charge in [-0.05, 0) is 26.3 Å². The molecule has 3 rings (SSSR count). The van der Waals surface area contributed by atoms with E-state index < -0.39 is 10.0 Å². The Morgan fingerprint density at radius 1 is 1.37 bits per heavy atom. The summed E-state index contributed by atoms with van der Waals surface area (Å²) in [6.07, 6.45) is 5.38. The Morgan fingerprint density at radius 3 is 2.95 bits per heavy atom. The van der Waals surface area contributed by atoms with Crippen molar-refractivity contribution < 1.29 is 8.42 Å². The zero-order chi connectivity index (χ0) is 13.5. The van der Waals surface area contributed by atoms with E-state index in [1.165, 1.54) is 12.6 Å². The minimum absolute atomic E-state index is 0.320. The van der Waals surface area contributed by atoms with Gasteiger partial charge in [0.15, 0.2) is 0 Å². The van der Waals surface area contributed by atoms with Crippen LogP contribution >= 0.6 is 0 Å². The minimum atomic E-state index is -3.37. The predicted octanol–water partition coefficient (Wildman–Crippen LogP) is 0.372. The number of nitrogens with zero attached hydrogens (tertiary/aromatic N) is 4. The second kappa shape index (κ2) is 4.88. The van der Waals surface area contributed by atoms with Gasteiger partial charge in [-0.3, -0.25) is 9.58 Å². The fourth-order valence-corrected chi connectivity index (χ4v) is 4.40. The van der Waals surface area contributed by atoms with Crippen LogP contribution in [0.15, 0.2) is 17.3 Å². The molecule has 1 aromatic rings. The first-order valence-electron chi connectivity index (χ1n) is 6.88. The summed E-state index contributed by atoms with van der Waals surface area (Å²) in [4.78, 5) is 2.72. The molecule has 0 aromatic carbocycles. The molecule has 1 aromatic heterocycles. The van der Waals surface area contributed by atoms with Gasteiger partial charge in [0, 0.05) is 38.4 Å². The van der Waals surface area contributed by atoms with Crippen molar-refractivity contribution in [2.75, 3.05) is 26.2 Å². The summed E-state index contributed by atoms with van der Waals surface area (Å²) in [5, 5.41) is 4.06. The van der Waals surface area contributed by atoms with Gasteiger partial charge in [-0.25, -0.2) is 8.42 Å². The van der Waals surface area contributed by atoms with E-state index >= 15 is 0 Å². The Hall–Kier alpha value is -0.920. The Balaban J connectivity index is 1.80. The molecule has 19 heavy (non-hydrogen) atoms. The number of hydrogen-bond acceptors (Lipinski definition) is 4. The Morgan fingerprint density at radius 2 is 2.21 bits per heavy atom. The van der Waals surface area contributed by atoms with Crippen molar-refractivity contribution >= 4 is 10.0 Å². The van der Waals surface area contributed by atoms with E-state index in [1.807, 2.05) is 6.92 Å². The van der Waals surface area contributed by atoms with Gasteiger partial charge in [0.1, 0.15) is 4.90 Å². The molecule has 2 aliphatic heterocycles. The van der Waals surface area contributed by atoms with Gasteiger partial charge < -0.3 is 0 Å². The first-order valence-corrected chi connectivity index (χ1v) is 8.32. The summed E-state index contributed by atoms with van der Waals surface area (Å²) < 4.78 is 28.4. The third kappa shape index (κ3) is 2.30. The van der Waals surface area contributed by atoms with Gasteiger partial charge in [-0.15, -0.1) is 0 Å². The maximum atomic E-state index is 12.6. The van der Waals surface area contributed by atoms with Crippen LogP contribution in [0, 0.1) is 0 Å². The van der Waals surface area contributed by atoms with Crippen molar-refractivity contribution in [1.82, 2.24) is 19.0 Å². The van der Waals surface area contributed by atoms with Crippen molar-refractivity contribution in [3.05, 3.63) is 12.4 Å². The molecular weight excluding hydrogens is 264 g/mol. The first kappa shape index (κ1) is 13.1. The standard InChI is InChI=1S/C12H20N4O2S/c1-2-15-10-12(8-13-15)19(17,18)16-7-6-14-5-3-4-11(14)9-16/h8,10-11H,2-7,9H2,1H3/t11-/m1/s1. The highest BCUT2D eigenvalue weighted by atomic mass is 32.2. The SMILES string of the molecule is CCn1cc(S(=O)(=O)N2CCN3CCC[C@@H]3C2)cn1. The van der Waals surface area contributed by atoms with E-state index in [0.29, 0.717) is 30.6 Å². The van der Waals surface area contributed by atoms with Gasteiger partial charge in [0.25, 0.3) is 0 Å². The zero-order valence-corrected chi connectivity index (χ0v) is 12.0. The molecule has 0 amide bonds. The summed E-state index contributed by atoms with van der Waals surface area (Å²) in [5.74, 6) is 0. The van der Waals surface area contributed by atoms with Gasteiger partial charge in [-0.1, -0.05) is 0 Å². The summed E-state index contributed by atoms with van der Waals surface area (Å²) in [5.41, 5.74) is 0. The maximum absolute atomic E-state index is 12.6. The van der Waals surface area contributed by atoms with Crippen LogP contribution in [0.25, 0.3) is 0 Å². The number of aryl methyl sites for hydroxylation is 1. The average molecular weight is 284 g/mol. The molecule has 2 saturated heterocycles. The van der Waals surface area contributed by atoms with Gasteiger partial charge in [0.2, 0.25) is 10.0 Å². The Labute approximate surface area is 114 Å². The second-order valence-electron chi connectivity index (χ2n) is 5.23. The highest BCUT2D eigenvalue weighted by Gasteiger charge is 2.36. The molecule has 0 saturated carbocycles. The van der Waals surface area contributed by atoms with Crippen LogP contribution in [0.5, 0.6) is 0 Å². The van der Waals surface area contributed by atoms with Crippen molar-refractivity contribution in [3.8, 4) is 0 Å². The highest BCUT2D eigenvalue weighted by molar-refractivity contribution is 7.89. The van der Waals surface area contributed by atoms with Gasteiger partial charge >= 0.3 is 0 Å². The fourth-order valence-electron chi connectivity index (χ4n) is 2.98. The number of fused-ring (bicyclic) bond motifs is 1. The molecule has 0 unspecified atom stereocenters. The summed E-state index contributed by atoms with van der Waals surface area (Å²) >= 11 is 0. The summed E-state index contributed by atoms with van der Waals surface area (Å²) in [6, 6.07) is 0.407. The first-order chi connectivity index (χ1) is 9.11. The number of aromatic nitrogens is 2. The molecule has 0 spiro atoms. The molecule has 0 radical (unpaired) electrons. The molecule has 2 aliphatic rings. The van der Waals surface area contributed by atoms with Crippen molar-refractivity contribution in [3.63, 3.8) is 0 Å². The van der Waals surface area contributed by atoms with E-state index in [9.17, 15) is 8.42 Å². The summed E-state index contributed by atoms with van der Waals surface area (Å²) in [6.45, 7) is 5.82. The minimum Gasteiger partial charge on any atom is -0.298 e. The molecule has 0 N–H and O–H groups in total. The lowest BCUT2D eigenvalue weighted by Gasteiger charge is -2.36. The number of piperazine rings is 1. The maximum Gasteiger partial charge on any atom is 0.246 e. The van der Waals surface area contributed by atoms with Crippen molar-refractivity contribution in [2.24, 2.45) is 0 Å². The van der Waals surface area contributed by atoms with Crippen molar-refractivity contribution in [2.45, 2.75) is 37.2 Å². The predicted molar refractivity (Wildman–Crippen MR) is 71.3 cm³/mol. The molecular formula is C12H20N4O2S. The smallest absolute Gasteiger partial charge is 0.246 e. The van der Waals surface area contributed by atoms with Crippen LogP contribution < -0.4 is 0 Å². The van der Waals surface area contributed by atoms with E-state index in [0.717, 1.165) is 19.5 Å². The second-order valence-corrected chi connectivity index (χ2v) is 7.16. The molecule has 106 valence electrons. The van der Waals surface area contributed by atoms with Crippen LogP contribution in [-0.4, -0.2) is 59.6 Å². The number of hydrogen-bond donors (Lipinski definition) is 0. The highest BCUT2D eigenvalue weighted by Crippen LogP contribution is 2.25. The molecule has 0 aliphatic carbocycles.